The van der Waals surface area contributed by atoms with E-state index in [1.807, 2.05) is 30.5 Å². The molecule has 3 heterocycles. The normalized spacial score (nSPS) is 22.1. The van der Waals surface area contributed by atoms with Crippen LogP contribution in [0.2, 0.25) is 10.0 Å². The standard InChI is InChI=1S/C24H26Cl2N6O/c25-19-2-1-3-20(26)18(19)14-29-23-22-21(8-11-28-22)30-24(27,31-23)15-4-6-16(7-5-15)32-12-9-17(33)10-13-32/h1-8,11,17,28,30,33H,9-10,12-14,27H2,(H,29,31). The van der Waals surface area contributed by atoms with Gasteiger partial charge in [0.1, 0.15) is 5.69 Å². The number of rotatable bonds is 4. The van der Waals surface area contributed by atoms with Crippen LogP contribution >= 0.6 is 23.2 Å². The molecule has 0 radical (unpaired) electrons. The Hall–Kier alpha value is -2.71. The van der Waals surface area contributed by atoms with Crippen LogP contribution in [-0.2, 0) is 12.3 Å². The summed E-state index contributed by atoms with van der Waals surface area (Å²) in [6.45, 7) is 2.01. The van der Waals surface area contributed by atoms with Crippen LogP contribution in [0.25, 0.3) is 0 Å². The third-order valence-electron chi connectivity index (χ3n) is 6.24. The lowest BCUT2D eigenvalue weighted by Crippen LogP contribution is -2.61. The number of aromatic amines is 1. The Morgan fingerprint density at radius 2 is 1.73 bits per heavy atom. The number of H-pyrrole nitrogens is 1. The van der Waals surface area contributed by atoms with Crippen molar-refractivity contribution in [2.45, 2.75) is 31.3 Å². The molecule has 1 unspecified atom stereocenters. The van der Waals surface area contributed by atoms with Crippen LogP contribution in [0.5, 0.6) is 0 Å². The van der Waals surface area contributed by atoms with Crippen LogP contribution in [0.1, 0.15) is 29.7 Å². The third-order valence-corrected chi connectivity index (χ3v) is 6.95. The average molecular weight is 485 g/mol. The Balaban J connectivity index is 1.41. The van der Waals surface area contributed by atoms with E-state index in [1.165, 1.54) is 0 Å². The summed E-state index contributed by atoms with van der Waals surface area (Å²) in [7, 11) is 0. The predicted molar refractivity (Wildman–Crippen MR) is 134 cm³/mol. The summed E-state index contributed by atoms with van der Waals surface area (Å²) in [4.78, 5) is 10.3. The van der Waals surface area contributed by atoms with Gasteiger partial charge in [0.15, 0.2) is 11.6 Å². The molecule has 0 amide bonds. The molecule has 1 aromatic heterocycles. The molecule has 0 spiro atoms. The van der Waals surface area contributed by atoms with Crippen molar-refractivity contribution in [1.29, 1.82) is 0 Å². The number of fused-ring (bicyclic) bond motifs is 1. The van der Waals surface area contributed by atoms with Crippen molar-refractivity contribution in [3.05, 3.63) is 81.6 Å². The molecule has 33 heavy (non-hydrogen) atoms. The topological polar surface area (TPSA) is 102 Å². The molecule has 7 nitrogen and oxygen atoms in total. The van der Waals surface area contributed by atoms with E-state index in [-0.39, 0.29) is 6.10 Å². The molecule has 3 aromatic rings. The number of amidine groups is 1. The van der Waals surface area contributed by atoms with Gasteiger partial charge >= 0.3 is 0 Å². The molecule has 2 aromatic carbocycles. The lowest BCUT2D eigenvalue weighted by molar-refractivity contribution is 0.145. The molecular weight excluding hydrogens is 459 g/mol. The molecule has 0 aliphatic carbocycles. The maximum atomic E-state index is 9.77. The Kier molecular flexibility index (Phi) is 5.97. The molecule has 2 aliphatic rings. The highest BCUT2D eigenvalue weighted by Crippen LogP contribution is 2.30. The number of benzene rings is 2. The van der Waals surface area contributed by atoms with Crippen molar-refractivity contribution >= 4 is 40.4 Å². The van der Waals surface area contributed by atoms with Crippen LogP contribution in [0, 0.1) is 0 Å². The van der Waals surface area contributed by atoms with E-state index in [1.54, 1.807) is 12.1 Å². The smallest absolute Gasteiger partial charge is 0.190 e. The van der Waals surface area contributed by atoms with Gasteiger partial charge in [-0.15, -0.1) is 0 Å². The van der Waals surface area contributed by atoms with Gasteiger partial charge in [0, 0.05) is 46.1 Å². The summed E-state index contributed by atoms with van der Waals surface area (Å²) in [6.07, 6.45) is 3.23. The summed E-state index contributed by atoms with van der Waals surface area (Å²) in [5.74, 6) is -0.420. The Labute approximate surface area is 202 Å². The summed E-state index contributed by atoms with van der Waals surface area (Å²) < 4.78 is 0. The van der Waals surface area contributed by atoms with Crippen LogP contribution in [0.15, 0.2) is 59.7 Å². The van der Waals surface area contributed by atoms with Crippen molar-refractivity contribution in [3.63, 3.8) is 0 Å². The quantitative estimate of drug-likeness (QED) is 0.385. The molecule has 2 aliphatic heterocycles. The fraction of sp³-hybridized carbons (Fsp3) is 0.292. The van der Waals surface area contributed by atoms with E-state index in [0.29, 0.717) is 22.4 Å². The first-order valence-corrected chi connectivity index (χ1v) is 11.7. The number of halogens is 2. The Bertz CT molecular complexity index is 1150. The van der Waals surface area contributed by atoms with E-state index in [2.05, 4.69) is 32.7 Å². The van der Waals surface area contributed by atoms with Gasteiger partial charge in [0.25, 0.3) is 0 Å². The second-order valence-electron chi connectivity index (χ2n) is 8.45. The average Bonchev–Trinajstić information content (AvgIpc) is 3.27. The first-order chi connectivity index (χ1) is 15.9. The lowest BCUT2D eigenvalue weighted by Gasteiger charge is -2.38. The molecule has 1 atom stereocenters. The van der Waals surface area contributed by atoms with E-state index < -0.39 is 5.79 Å². The van der Waals surface area contributed by atoms with Crippen molar-refractivity contribution in [2.24, 2.45) is 10.7 Å². The monoisotopic (exact) mass is 484 g/mol. The molecule has 172 valence electrons. The molecule has 0 bridgehead atoms. The summed E-state index contributed by atoms with van der Waals surface area (Å²) in [6, 6.07) is 15.5. The molecule has 6 N–H and O–H groups in total. The maximum Gasteiger partial charge on any atom is 0.190 e. The van der Waals surface area contributed by atoms with Crippen molar-refractivity contribution in [1.82, 2.24) is 10.3 Å². The molecular formula is C24H26Cl2N6O. The largest absolute Gasteiger partial charge is 0.393 e. The van der Waals surface area contributed by atoms with Gasteiger partial charge in [-0.1, -0.05) is 41.4 Å². The van der Waals surface area contributed by atoms with Crippen molar-refractivity contribution in [2.75, 3.05) is 23.3 Å². The highest BCUT2D eigenvalue weighted by atomic mass is 35.5. The van der Waals surface area contributed by atoms with Gasteiger partial charge in [0.2, 0.25) is 0 Å². The number of nitrogens with one attached hydrogen (secondary N) is 3. The third kappa shape index (κ3) is 4.42. The highest BCUT2D eigenvalue weighted by molar-refractivity contribution is 6.36. The summed E-state index contributed by atoms with van der Waals surface area (Å²) in [5, 5.41) is 17.7. The summed E-state index contributed by atoms with van der Waals surface area (Å²) in [5.41, 5.74) is 11.2. The van der Waals surface area contributed by atoms with Crippen LogP contribution in [-0.4, -0.2) is 35.1 Å². The van der Waals surface area contributed by atoms with Gasteiger partial charge in [-0.3, -0.25) is 10.7 Å². The number of hydrogen-bond acceptors (Lipinski definition) is 5. The summed E-state index contributed by atoms with van der Waals surface area (Å²) >= 11 is 12.7. The number of aliphatic imine (C=N–C) groups is 1. The zero-order chi connectivity index (χ0) is 23.0. The van der Waals surface area contributed by atoms with E-state index in [4.69, 9.17) is 33.9 Å². The number of aromatic nitrogens is 1. The van der Waals surface area contributed by atoms with Crippen molar-refractivity contribution in [3.8, 4) is 0 Å². The second-order valence-corrected chi connectivity index (χ2v) is 9.27. The molecule has 1 saturated heterocycles. The highest BCUT2D eigenvalue weighted by Gasteiger charge is 2.35. The molecule has 9 heteroatoms. The number of hydrogen-bond donors (Lipinski definition) is 5. The fourth-order valence-electron chi connectivity index (χ4n) is 4.33. The van der Waals surface area contributed by atoms with Gasteiger partial charge in [0.05, 0.1) is 18.3 Å². The SMILES string of the molecule is NC1(c2ccc(N3CCC(O)CC3)cc2)NC(=NCc2c(Cl)cccc2Cl)c2[nH]ccc2N1. The van der Waals surface area contributed by atoms with E-state index >= 15 is 0 Å². The number of nitrogens with zero attached hydrogens (tertiary/aromatic N) is 2. The minimum atomic E-state index is -1.05. The maximum absolute atomic E-state index is 9.77. The van der Waals surface area contributed by atoms with Gasteiger partial charge in [-0.05, 0) is 43.2 Å². The lowest BCUT2D eigenvalue weighted by atomic mass is 10.0. The molecule has 1 fully saturated rings. The number of aliphatic hydroxyl groups excluding tert-OH is 1. The zero-order valence-corrected chi connectivity index (χ0v) is 19.5. The minimum absolute atomic E-state index is 0.197. The predicted octanol–water partition coefficient (Wildman–Crippen LogP) is 4.01. The second kappa shape index (κ2) is 8.91. The minimum Gasteiger partial charge on any atom is -0.393 e. The fourth-order valence-corrected chi connectivity index (χ4v) is 4.84. The molecule has 5 rings (SSSR count). The Morgan fingerprint density at radius 3 is 2.42 bits per heavy atom. The van der Waals surface area contributed by atoms with Gasteiger partial charge < -0.3 is 25.6 Å². The van der Waals surface area contributed by atoms with Crippen LogP contribution in [0.3, 0.4) is 0 Å². The van der Waals surface area contributed by atoms with Crippen LogP contribution in [0.4, 0.5) is 11.4 Å². The van der Waals surface area contributed by atoms with Crippen LogP contribution < -0.4 is 21.3 Å². The first kappa shape index (κ1) is 22.1. The van der Waals surface area contributed by atoms with E-state index in [9.17, 15) is 5.11 Å². The van der Waals surface area contributed by atoms with Gasteiger partial charge in [-0.2, -0.15) is 0 Å². The number of piperidine rings is 1. The number of aliphatic hydroxyl groups is 1. The number of nitrogens with two attached hydrogens (primary N) is 1. The number of anilines is 2. The van der Waals surface area contributed by atoms with E-state index in [0.717, 1.165) is 54.1 Å². The van der Waals surface area contributed by atoms with Gasteiger partial charge in [-0.25, -0.2) is 0 Å². The Morgan fingerprint density at radius 1 is 1.03 bits per heavy atom. The molecule has 0 saturated carbocycles. The zero-order valence-electron chi connectivity index (χ0n) is 18.0. The first-order valence-electron chi connectivity index (χ1n) is 11.0. The van der Waals surface area contributed by atoms with Crippen molar-refractivity contribution < 1.29 is 5.11 Å².